The van der Waals surface area contributed by atoms with Crippen molar-refractivity contribution in [3.8, 4) is 11.5 Å². The van der Waals surface area contributed by atoms with Crippen molar-refractivity contribution in [2.24, 2.45) is 0 Å². The van der Waals surface area contributed by atoms with Gasteiger partial charge in [0.1, 0.15) is 11.5 Å². The topological polar surface area (TPSA) is 30.5 Å². The van der Waals surface area contributed by atoms with Crippen LogP contribution in [0.25, 0.3) is 0 Å². The first-order valence-electron chi connectivity index (χ1n) is 6.84. The standard InChI is InChI=1S/C17H20BrNO2/c1-12(19-11-13-6-4-5-7-16(13)18)15-9-8-14(20-2)10-17(15)21-3/h4-10,12,19H,11H2,1-3H3. The summed E-state index contributed by atoms with van der Waals surface area (Å²) in [7, 11) is 3.34. The summed E-state index contributed by atoms with van der Waals surface area (Å²) in [6, 6.07) is 14.3. The lowest BCUT2D eigenvalue weighted by Crippen LogP contribution is -2.19. The van der Waals surface area contributed by atoms with Crippen molar-refractivity contribution in [1.82, 2.24) is 5.32 Å². The zero-order chi connectivity index (χ0) is 15.2. The van der Waals surface area contributed by atoms with Gasteiger partial charge in [0, 0.05) is 28.7 Å². The largest absolute Gasteiger partial charge is 0.497 e. The summed E-state index contributed by atoms with van der Waals surface area (Å²) in [5, 5.41) is 3.52. The highest BCUT2D eigenvalue weighted by Gasteiger charge is 2.12. The van der Waals surface area contributed by atoms with Crippen LogP contribution < -0.4 is 14.8 Å². The number of hydrogen-bond acceptors (Lipinski definition) is 3. The first-order chi connectivity index (χ1) is 10.2. The number of ether oxygens (including phenoxy) is 2. The summed E-state index contributed by atoms with van der Waals surface area (Å²) in [5.74, 6) is 1.63. The second-order valence-corrected chi connectivity index (χ2v) is 5.66. The second kappa shape index (κ2) is 7.48. The van der Waals surface area contributed by atoms with Gasteiger partial charge < -0.3 is 14.8 Å². The van der Waals surface area contributed by atoms with Crippen LogP contribution in [0.5, 0.6) is 11.5 Å². The average Bonchev–Trinajstić information content (AvgIpc) is 2.53. The summed E-state index contributed by atoms with van der Waals surface area (Å²) < 4.78 is 11.8. The van der Waals surface area contributed by atoms with E-state index in [1.807, 2.05) is 30.3 Å². The molecular formula is C17H20BrNO2. The minimum absolute atomic E-state index is 0.179. The Morgan fingerprint density at radius 2 is 1.86 bits per heavy atom. The van der Waals surface area contributed by atoms with Crippen molar-refractivity contribution in [2.45, 2.75) is 19.5 Å². The van der Waals surface area contributed by atoms with Crippen molar-refractivity contribution < 1.29 is 9.47 Å². The molecule has 0 spiro atoms. The Kier molecular flexibility index (Phi) is 5.65. The Balaban J connectivity index is 2.10. The molecule has 0 amide bonds. The van der Waals surface area contributed by atoms with E-state index in [4.69, 9.17) is 9.47 Å². The molecule has 1 unspecified atom stereocenters. The van der Waals surface area contributed by atoms with Crippen LogP contribution in [0, 0.1) is 0 Å². The molecular weight excluding hydrogens is 330 g/mol. The smallest absolute Gasteiger partial charge is 0.127 e. The van der Waals surface area contributed by atoms with E-state index in [2.05, 4.69) is 40.3 Å². The molecule has 0 radical (unpaired) electrons. The summed E-state index contributed by atoms with van der Waals surface area (Å²) >= 11 is 3.57. The molecule has 0 bridgehead atoms. The van der Waals surface area contributed by atoms with Crippen molar-refractivity contribution in [3.05, 3.63) is 58.1 Å². The van der Waals surface area contributed by atoms with Gasteiger partial charge in [-0.1, -0.05) is 40.2 Å². The fourth-order valence-electron chi connectivity index (χ4n) is 2.19. The normalized spacial score (nSPS) is 12.0. The zero-order valence-corrected chi connectivity index (χ0v) is 14.1. The highest BCUT2D eigenvalue weighted by atomic mass is 79.9. The van der Waals surface area contributed by atoms with Gasteiger partial charge in [-0.25, -0.2) is 0 Å². The van der Waals surface area contributed by atoms with Crippen LogP contribution in [0.1, 0.15) is 24.1 Å². The molecule has 112 valence electrons. The number of hydrogen-bond donors (Lipinski definition) is 1. The fraction of sp³-hybridized carbons (Fsp3) is 0.294. The molecule has 4 heteroatoms. The molecule has 0 aliphatic rings. The third-order valence-corrected chi connectivity index (χ3v) is 4.24. The Hall–Kier alpha value is -1.52. The Bertz CT molecular complexity index is 601. The number of methoxy groups -OCH3 is 2. The van der Waals surface area contributed by atoms with Gasteiger partial charge in [-0.3, -0.25) is 0 Å². The van der Waals surface area contributed by atoms with Gasteiger partial charge in [-0.2, -0.15) is 0 Å². The van der Waals surface area contributed by atoms with Crippen LogP contribution in [0.2, 0.25) is 0 Å². The summed E-state index contributed by atoms with van der Waals surface area (Å²) in [6.45, 7) is 2.92. The number of halogens is 1. The monoisotopic (exact) mass is 349 g/mol. The van der Waals surface area contributed by atoms with Crippen molar-refractivity contribution in [1.29, 1.82) is 0 Å². The molecule has 2 aromatic rings. The van der Waals surface area contributed by atoms with Crippen LogP contribution in [0.15, 0.2) is 46.9 Å². The molecule has 0 aromatic heterocycles. The molecule has 3 nitrogen and oxygen atoms in total. The molecule has 0 saturated heterocycles. The average molecular weight is 350 g/mol. The van der Waals surface area contributed by atoms with Crippen molar-refractivity contribution >= 4 is 15.9 Å². The van der Waals surface area contributed by atoms with Gasteiger partial charge in [0.25, 0.3) is 0 Å². The van der Waals surface area contributed by atoms with E-state index in [1.165, 1.54) is 5.56 Å². The predicted octanol–water partition coefficient (Wildman–Crippen LogP) is 4.32. The summed E-state index contributed by atoms with van der Waals surface area (Å²) in [5.41, 5.74) is 2.35. The molecule has 0 aliphatic carbocycles. The van der Waals surface area contributed by atoms with Crippen LogP contribution in [-0.4, -0.2) is 14.2 Å². The molecule has 0 saturated carbocycles. The van der Waals surface area contributed by atoms with Crippen LogP contribution in [0.3, 0.4) is 0 Å². The number of benzene rings is 2. The molecule has 21 heavy (non-hydrogen) atoms. The van der Waals surface area contributed by atoms with Crippen molar-refractivity contribution in [2.75, 3.05) is 14.2 Å². The summed E-state index contributed by atoms with van der Waals surface area (Å²) in [4.78, 5) is 0. The lowest BCUT2D eigenvalue weighted by Gasteiger charge is -2.18. The number of nitrogens with one attached hydrogen (secondary N) is 1. The maximum atomic E-state index is 5.46. The zero-order valence-electron chi connectivity index (χ0n) is 12.5. The van der Waals surface area contributed by atoms with E-state index in [0.29, 0.717) is 0 Å². The van der Waals surface area contributed by atoms with Crippen LogP contribution >= 0.6 is 15.9 Å². The Labute approximate surface area is 134 Å². The minimum Gasteiger partial charge on any atom is -0.497 e. The predicted molar refractivity (Wildman–Crippen MR) is 88.9 cm³/mol. The molecule has 2 rings (SSSR count). The molecule has 1 N–H and O–H groups in total. The highest BCUT2D eigenvalue weighted by molar-refractivity contribution is 9.10. The van der Waals surface area contributed by atoms with E-state index in [9.17, 15) is 0 Å². The Morgan fingerprint density at radius 3 is 2.52 bits per heavy atom. The van der Waals surface area contributed by atoms with Gasteiger partial charge in [0.2, 0.25) is 0 Å². The Morgan fingerprint density at radius 1 is 1.10 bits per heavy atom. The van der Waals surface area contributed by atoms with Gasteiger partial charge in [0.05, 0.1) is 14.2 Å². The lowest BCUT2D eigenvalue weighted by atomic mass is 10.1. The second-order valence-electron chi connectivity index (χ2n) is 4.80. The van der Waals surface area contributed by atoms with Crippen molar-refractivity contribution in [3.63, 3.8) is 0 Å². The first kappa shape index (κ1) is 15.9. The van der Waals surface area contributed by atoms with Gasteiger partial charge >= 0.3 is 0 Å². The van der Waals surface area contributed by atoms with Gasteiger partial charge in [0.15, 0.2) is 0 Å². The molecule has 0 heterocycles. The van der Waals surface area contributed by atoms with E-state index < -0.39 is 0 Å². The van der Waals surface area contributed by atoms with E-state index in [1.54, 1.807) is 14.2 Å². The maximum Gasteiger partial charge on any atom is 0.127 e. The SMILES string of the molecule is COc1ccc(C(C)NCc2ccccc2Br)c(OC)c1. The number of rotatable bonds is 6. The molecule has 2 aromatic carbocycles. The molecule has 1 atom stereocenters. The minimum atomic E-state index is 0.179. The molecule has 0 aliphatic heterocycles. The maximum absolute atomic E-state index is 5.46. The van der Waals surface area contributed by atoms with Crippen LogP contribution in [0.4, 0.5) is 0 Å². The fourth-order valence-corrected chi connectivity index (χ4v) is 2.62. The summed E-state index contributed by atoms with van der Waals surface area (Å²) in [6.07, 6.45) is 0. The van der Waals surface area contributed by atoms with Gasteiger partial charge in [-0.15, -0.1) is 0 Å². The third-order valence-electron chi connectivity index (χ3n) is 3.46. The highest BCUT2D eigenvalue weighted by Crippen LogP contribution is 2.29. The van der Waals surface area contributed by atoms with E-state index in [0.717, 1.165) is 28.1 Å². The quantitative estimate of drug-likeness (QED) is 0.842. The van der Waals surface area contributed by atoms with E-state index in [-0.39, 0.29) is 6.04 Å². The van der Waals surface area contributed by atoms with E-state index >= 15 is 0 Å². The third kappa shape index (κ3) is 3.99. The first-order valence-corrected chi connectivity index (χ1v) is 7.63. The lowest BCUT2D eigenvalue weighted by molar-refractivity contribution is 0.385. The van der Waals surface area contributed by atoms with Crippen LogP contribution in [-0.2, 0) is 6.54 Å². The van der Waals surface area contributed by atoms with Gasteiger partial charge in [-0.05, 0) is 24.6 Å². The molecule has 0 fully saturated rings.